The lowest BCUT2D eigenvalue weighted by molar-refractivity contribution is -0.385. The molecule has 0 atom stereocenters. The van der Waals surface area contributed by atoms with Crippen molar-refractivity contribution in [2.45, 2.75) is 0 Å². The second kappa shape index (κ2) is 5.40. The summed E-state index contributed by atoms with van der Waals surface area (Å²) >= 11 is 5.35. The maximum Gasteiger partial charge on any atom is 0.281 e. The van der Waals surface area contributed by atoms with Crippen molar-refractivity contribution in [3.05, 3.63) is 33.4 Å². The van der Waals surface area contributed by atoms with E-state index < -0.39 is 16.4 Å². The van der Waals surface area contributed by atoms with E-state index in [2.05, 4.69) is 0 Å². The first-order valence-corrected chi connectivity index (χ1v) is 4.99. The number of hydrogen-bond acceptors (Lipinski definition) is 5. The number of carbonyl (C=O) groups excluding carboxylic acids is 2. The molecule has 1 aromatic rings. The van der Waals surface area contributed by atoms with Crippen molar-refractivity contribution in [3.8, 4) is 5.75 Å². The molecule has 0 aliphatic rings. The monoisotopic (exact) mass is 257 g/mol. The number of halogens is 1. The Morgan fingerprint density at radius 3 is 2.65 bits per heavy atom. The molecule has 6 nitrogen and oxygen atoms in total. The number of Topliss-reactive ketones (excluding diaryl/α,β-unsaturated/α-hetero) is 1. The third kappa shape index (κ3) is 2.59. The average Bonchev–Trinajstić information content (AvgIpc) is 2.35. The van der Waals surface area contributed by atoms with Gasteiger partial charge in [-0.05, 0) is 6.07 Å². The van der Waals surface area contributed by atoms with Crippen LogP contribution in [0, 0.1) is 10.1 Å². The fraction of sp³-hybridized carbons (Fsp3) is 0.200. The number of alkyl halides is 1. The van der Waals surface area contributed by atoms with E-state index in [1.165, 1.54) is 7.11 Å². The number of nitro benzene ring substituents is 1. The van der Waals surface area contributed by atoms with Gasteiger partial charge in [0.2, 0.25) is 0 Å². The molecule has 0 heterocycles. The molecule has 0 N–H and O–H groups in total. The van der Waals surface area contributed by atoms with Crippen molar-refractivity contribution in [1.29, 1.82) is 0 Å². The standard InChI is InChI=1S/C10H8ClNO5/c1-17-10-3-7(9(14)4-11)8(12(15)16)2-6(10)5-13/h2-3,5H,4H2,1H3. The maximum atomic E-state index is 11.4. The Balaban J connectivity index is 3.50. The average molecular weight is 258 g/mol. The number of ether oxygens (including phenoxy) is 1. The summed E-state index contributed by atoms with van der Waals surface area (Å²) in [6.07, 6.45) is 0.417. The second-order valence-corrected chi connectivity index (χ2v) is 3.31. The molecule has 90 valence electrons. The summed E-state index contributed by atoms with van der Waals surface area (Å²) in [4.78, 5) is 32.1. The van der Waals surface area contributed by atoms with Gasteiger partial charge in [-0.2, -0.15) is 0 Å². The van der Waals surface area contributed by atoms with Gasteiger partial charge >= 0.3 is 0 Å². The molecule has 0 aliphatic carbocycles. The molecule has 0 fully saturated rings. The van der Waals surface area contributed by atoms with Gasteiger partial charge in [-0.1, -0.05) is 0 Å². The fourth-order valence-corrected chi connectivity index (χ4v) is 1.44. The van der Waals surface area contributed by atoms with Crippen LogP contribution in [0.5, 0.6) is 5.75 Å². The van der Waals surface area contributed by atoms with Crippen LogP contribution in [0.3, 0.4) is 0 Å². The summed E-state index contributed by atoms with van der Waals surface area (Å²) in [5.74, 6) is -0.891. The van der Waals surface area contributed by atoms with Crippen molar-refractivity contribution >= 4 is 29.4 Å². The van der Waals surface area contributed by atoms with Crippen molar-refractivity contribution in [1.82, 2.24) is 0 Å². The third-order valence-electron chi connectivity index (χ3n) is 2.09. The summed E-state index contributed by atoms with van der Waals surface area (Å²) < 4.78 is 4.86. The zero-order valence-electron chi connectivity index (χ0n) is 8.81. The lowest BCUT2D eigenvalue weighted by Crippen LogP contribution is -2.07. The van der Waals surface area contributed by atoms with Gasteiger partial charge in [0, 0.05) is 6.07 Å². The molecule has 0 aromatic heterocycles. The Bertz CT molecular complexity index is 486. The fourth-order valence-electron chi connectivity index (χ4n) is 1.30. The Morgan fingerprint density at radius 1 is 1.59 bits per heavy atom. The van der Waals surface area contributed by atoms with E-state index in [1.807, 2.05) is 0 Å². The van der Waals surface area contributed by atoms with Crippen molar-refractivity contribution in [2.24, 2.45) is 0 Å². The van der Waals surface area contributed by atoms with E-state index in [0.717, 1.165) is 12.1 Å². The molecule has 0 amide bonds. The number of aldehydes is 1. The van der Waals surface area contributed by atoms with Gasteiger partial charge < -0.3 is 4.74 Å². The number of carbonyl (C=O) groups is 2. The predicted octanol–water partition coefficient (Wildman–Crippen LogP) is 1.84. The number of hydrogen-bond donors (Lipinski definition) is 0. The minimum absolute atomic E-state index is 0.00493. The number of methoxy groups -OCH3 is 1. The van der Waals surface area contributed by atoms with Gasteiger partial charge in [-0.15, -0.1) is 11.6 Å². The molecule has 0 saturated heterocycles. The Morgan fingerprint density at radius 2 is 2.24 bits per heavy atom. The number of nitrogens with zero attached hydrogens (tertiary/aromatic N) is 1. The zero-order chi connectivity index (χ0) is 13.0. The molecule has 17 heavy (non-hydrogen) atoms. The van der Waals surface area contributed by atoms with Crippen molar-refractivity contribution in [2.75, 3.05) is 13.0 Å². The number of benzene rings is 1. The molecule has 7 heteroatoms. The summed E-state index contributed by atoms with van der Waals surface area (Å²) in [6, 6.07) is 2.14. The predicted molar refractivity (Wildman–Crippen MR) is 60.1 cm³/mol. The smallest absolute Gasteiger partial charge is 0.281 e. The second-order valence-electron chi connectivity index (χ2n) is 3.04. The molecular formula is C10H8ClNO5. The number of rotatable bonds is 5. The molecule has 0 spiro atoms. The van der Waals surface area contributed by atoms with Crippen LogP contribution in [0.25, 0.3) is 0 Å². The van der Waals surface area contributed by atoms with E-state index in [1.54, 1.807) is 0 Å². The van der Waals surface area contributed by atoms with Crippen LogP contribution in [0.15, 0.2) is 12.1 Å². The molecule has 0 bridgehead atoms. The highest BCUT2D eigenvalue weighted by molar-refractivity contribution is 6.31. The first-order chi connectivity index (χ1) is 8.04. The highest BCUT2D eigenvalue weighted by atomic mass is 35.5. The number of ketones is 1. The summed E-state index contributed by atoms with van der Waals surface area (Å²) in [6.45, 7) is 0. The van der Waals surface area contributed by atoms with Crippen LogP contribution in [0.2, 0.25) is 0 Å². The van der Waals surface area contributed by atoms with E-state index in [4.69, 9.17) is 16.3 Å². The zero-order valence-corrected chi connectivity index (χ0v) is 9.56. The maximum absolute atomic E-state index is 11.4. The first kappa shape index (κ1) is 13.1. The Labute approximate surface area is 101 Å². The van der Waals surface area contributed by atoms with E-state index in [0.29, 0.717) is 6.29 Å². The van der Waals surface area contributed by atoms with Crippen LogP contribution >= 0.6 is 11.6 Å². The Kier molecular flexibility index (Phi) is 4.17. The topological polar surface area (TPSA) is 86.5 Å². The van der Waals surface area contributed by atoms with Gasteiger partial charge in [0.05, 0.1) is 23.5 Å². The van der Waals surface area contributed by atoms with Crippen molar-refractivity contribution < 1.29 is 19.2 Å². The van der Waals surface area contributed by atoms with E-state index >= 15 is 0 Å². The van der Waals surface area contributed by atoms with Crippen LogP contribution in [-0.2, 0) is 0 Å². The largest absolute Gasteiger partial charge is 0.496 e. The molecule has 0 saturated carbocycles. The molecule has 0 unspecified atom stereocenters. The summed E-state index contributed by atoms with van der Waals surface area (Å²) in [7, 11) is 1.29. The van der Waals surface area contributed by atoms with Crippen LogP contribution in [0.1, 0.15) is 20.7 Å². The van der Waals surface area contributed by atoms with Crippen LogP contribution < -0.4 is 4.74 Å². The molecule has 1 aromatic carbocycles. The van der Waals surface area contributed by atoms with Gasteiger partial charge in [0.1, 0.15) is 11.3 Å². The third-order valence-corrected chi connectivity index (χ3v) is 2.34. The highest BCUT2D eigenvalue weighted by Gasteiger charge is 2.22. The van der Waals surface area contributed by atoms with Gasteiger partial charge in [0.15, 0.2) is 12.1 Å². The van der Waals surface area contributed by atoms with Crippen molar-refractivity contribution in [3.63, 3.8) is 0 Å². The summed E-state index contributed by atoms with van der Waals surface area (Å²) in [5.41, 5.74) is -0.628. The normalized spacial score (nSPS) is 9.76. The molecule has 1 rings (SSSR count). The van der Waals surface area contributed by atoms with Crippen LogP contribution in [-0.4, -0.2) is 30.0 Å². The molecular weight excluding hydrogens is 250 g/mol. The molecule has 0 aliphatic heterocycles. The lowest BCUT2D eigenvalue weighted by atomic mass is 10.1. The molecule has 0 radical (unpaired) electrons. The lowest BCUT2D eigenvalue weighted by Gasteiger charge is -2.06. The van der Waals surface area contributed by atoms with Gasteiger partial charge in [-0.3, -0.25) is 19.7 Å². The number of nitro groups is 1. The van der Waals surface area contributed by atoms with E-state index in [9.17, 15) is 19.7 Å². The van der Waals surface area contributed by atoms with Gasteiger partial charge in [-0.25, -0.2) is 0 Å². The van der Waals surface area contributed by atoms with Crippen LogP contribution in [0.4, 0.5) is 5.69 Å². The van der Waals surface area contributed by atoms with Gasteiger partial charge in [0.25, 0.3) is 5.69 Å². The minimum atomic E-state index is -0.744. The SMILES string of the molecule is COc1cc(C(=O)CCl)c([N+](=O)[O-])cc1C=O. The highest BCUT2D eigenvalue weighted by Crippen LogP contribution is 2.28. The Hall–Kier alpha value is -1.95. The first-order valence-electron chi connectivity index (χ1n) is 4.46. The summed E-state index contributed by atoms with van der Waals surface area (Å²) in [5, 5.41) is 10.8. The van der Waals surface area contributed by atoms with E-state index in [-0.39, 0.29) is 22.8 Å². The minimum Gasteiger partial charge on any atom is -0.496 e. The quantitative estimate of drug-likeness (QED) is 0.264.